The molecule has 0 unspecified atom stereocenters. The number of hydrogen-bond acceptors (Lipinski definition) is 3. The van der Waals surface area contributed by atoms with Crippen LogP contribution in [0.2, 0.25) is 0 Å². The van der Waals surface area contributed by atoms with E-state index in [0.717, 1.165) is 31.2 Å². The molecule has 0 atom stereocenters. The van der Waals surface area contributed by atoms with Gasteiger partial charge in [0.1, 0.15) is 6.61 Å². The van der Waals surface area contributed by atoms with Crippen LogP contribution in [0.1, 0.15) is 37.7 Å². The van der Waals surface area contributed by atoms with Crippen LogP contribution in [0.3, 0.4) is 0 Å². The van der Waals surface area contributed by atoms with Crippen LogP contribution in [-0.2, 0) is 16.1 Å². The summed E-state index contributed by atoms with van der Waals surface area (Å²) >= 11 is 12.4. The van der Waals surface area contributed by atoms with Crippen LogP contribution in [0.4, 0.5) is 4.79 Å². The zero-order valence-electron chi connectivity index (χ0n) is 13.6. The third-order valence-corrected chi connectivity index (χ3v) is 6.69. The van der Waals surface area contributed by atoms with Gasteiger partial charge in [-0.25, -0.2) is 4.79 Å². The molecule has 1 amide bonds. The summed E-state index contributed by atoms with van der Waals surface area (Å²) in [6.45, 7) is 0.266. The van der Waals surface area contributed by atoms with Crippen molar-refractivity contribution in [3.63, 3.8) is 0 Å². The molecule has 0 saturated heterocycles. The van der Waals surface area contributed by atoms with Gasteiger partial charge in [-0.1, -0.05) is 53.5 Å². The zero-order chi connectivity index (χ0) is 17.4. The molecule has 0 N–H and O–H groups in total. The fraction of sp³-hybridized carbons (Fsp3) is 0.556. The van der Waals surface area contributed by atoms with Gasteiger partial charge in [-0.3, -0.25) is 4.79 Å². The first-order valence-corrected chi connectivity index (χ1v) is 8.96. The average Bonchev–Trinajstić information content (AvgIpc) is 2.60. The molecule has 0 aromatic heterocycles. The Morgan fingerprint density at radius 1 is 1.25 bits per heavy atom. The summed E-state index contributed by atoms with van der Waals surface area (Å²) in [5.74, 6) is -0.0834. The molecular formula is C18H21Cl2NO3. The molecule has 0 bridgehead atoms. The molecule has 1 aromatic carbocycles. The minimum absolute atomic E-state index is 0.0834. The maximum atomic E-state index is 12.2. The standard InChI is InChI=1S/C18H21Cl2NO3/c1-21(16(23)24-12-13-5-3-2-4-6-13)14-7-9-17(10-8-14)11-15(22)18(17,19)20/h2-6,14H,7-12H2,1H3. The largest absolute Gasteiger partial charge is 0.445 e. The lowest BCUT2D eigenvalue weighted by molar-refractivity contribution is -0.137. The number of benzene rings is 1. The summed E-state index contributed by atoms with van der Waals surface area (Å²) in [5.41, 5.74) is 0.655. The number of ether oxygens (including phenoxy) is 1. The zero-order valence-corrected chi connectivity index (χ0v) is 15.1. The van der Waals surface area contributed by atoms with Crippen LogP contribution in [0.25, 0.3) is 0 Å². The highest BCUT2D eigenvalue weighted by molar-refractivity contribution is 6.61. The number of carbonyl (C=O) groups excluding carboxylic acids is 2. The van der Waals surface area contributed by atoms with Gasteiger partial charge in [-0.2, -0.15) is 0 Å². The molecule has 0 radical (unpaired) electrons. The average molecular weight is 370 g/mol. The van der Waals surface area contributed by atoms with Gasteiger partial charge in [0.15, 0.2) is 10.1 Å². The van der Waals surface area contributed by atoms with Gasteiger partial charge >= 0.3 is 6.09 Å². The molecule has 4 nitrogen and oxygen atoms in total. The van der Waals surface area contributed by atoms with E-state index >= 15 is 0 Å². The predicted octanol–water partition coefficient (Wildman–Crippen LogP) is 4.33. The molecule has 2 saturated carbocycles. The first kappa shape index (κ1) is 17.6. The summed E-state index contributed by atoms with van der Waals surface area (Å²) in [4.78, 5) is 25.5. The van der Waals surface area contributed by atoms with E-state index in [1.165, 1.54) is 0 Å². The van der Waals surface area contributed by atoms with E-state index in [2.05, 4.69) is 0 Å². The minimum atomic E-state index is -1.25. The van der Waals surface area contributed by atoms with Crippen molar-refractivity contribution in [2.75, 3.05) is 7.05 Å². The number of hydrogen-bond donors (Lipinski definition) is 0. The molecule has 6 heteroatoms. The first-order chi connectivity index (χ1) is 11.4. The SMILES string of the molecule is CN(C(=O)OCc1ccccc1)C1CCC2(CC1)CC(=O)C2(Cl)Cl. The van der Waals surface area contributed by atoms with Crippen molar-refractivity contribution in [1.29, 1.82) is 0 Å². The number of Topliss-reactive ketones (excluding diaryl/α,β-unsaturated/α-hetero) is 1. The van der Waals surface area contributed by atoms with Gasteiger partial charge in [-0.05, 0) is 31.2 Å². The third-order valence-electron chi connectivity index (χ3n) is 5.47. The normalized spacial score (nSPS) is 28.3. The smallest absolute Gasteiger partial charge is 0.410 e. The van der Waals surface area contributed by atoms with Gasteiger partial charge < -0.3 is 9.64 Å². The Kier molecular flexibility index (Phi) is 4.80. The van der Waals surface area contributed by atoms with Crippen molar-refractivity contribution in [3.05, 3.63) is 35.9 Å². The Bertz CT molecular complexity index is 624. The van der Waals surface area contributed by atoms with E-state index in [-0.39, 0.29) is 29.9 Å². The Morgan fingerprint density at radius 3 is 2.42 bits per heavy atom. The highest BCUT2D eigenvalue weighted by Gasteiger charge is 2.64. The van der Waals surface area contributed by atoms with E-state index in [1.54, 1.807) is 11.9 Å². The second-order valence-corrected chi connectivity index (χ2v) is 8.16. The molecule has 2 aliphatic carbocycles. The van der Waals surface area contributed by atoms with Crippen molar-refractivity contribution in [1.82, 2.24) is 4.90 Å². The highest BCUT2D eigenvalue weighted by atomic mass is 35.5. The van der Waals surface area contributed by atoms with Crippen LogP contribution in [0.5, 0.6) is 0 Å². The molecule has 0 aliphatic heterocycles. The van der Waals surface area contributed by atoms with Crippen LogP contribution in [0.15, 0.2) is 30.3 Å². The van der Waals surface area contributed by atoms with Gasteiger partial charge in [0.2, 0.25) is 0 Å². The molecule has 2 aliphatic rings. The maximum absolute atomic E-state index is 12.2. The second kappa shape index (κ2) is 6.57. The summed E-state index contributed by atoms with van der Waals surface area (Å²) in [5, 5.41) is 0. The number of alkyl halides is 2. The predicted molar refractivity (Wildman–Crippen MR) is 93.1 cm³/mol. The summed E-state index contributed by atoms with van der Waals surface area (Å²) in [7, 11) is 1.76. The Hall–Kier alpha value is -1.26. The summed E-state index contributed by atoms with van der Waals surface area (Å²) in [6, 6.07) is 9.69. The Balaban J connectivity index is 1.51. The molecule has 3 rings (SSSR count). The van der Waals surface area contributed by atoms with Crippen LogP contribution in [0, 0.1) is 5.41 Å². The van der Waals surface area contributed by atoms with Gasteiger partial charge in [-0.15, -0.1) is 0 Å². The van der Waals surface area contributed by atoms with E-state index in [4.69, 9.17) is 27.9 Å². The van der Waals surface area contributed by atoms with Gasteiger partial charge in [0.25, 0.3) is 0 Å². The lowest BCUT2D eigenvalue weighted by atomic mass is 9.58. The molecule has 24 heavy (non-hydrogen) atoms. The summed E-state index contributed by atoms with van der Waals surface area (Å²) < 4.78 is 4.13. The van der Waals surface area contributed by atoms with E-state index in [9.17, 15) is 9.59 Å². The number of nitrogens with zero attached hydrogens (tertiary/aromatic N) is 1. The number of carbonyl (C=O) groups is 2. The van der Waals surface area contributed by atoms with Gasteiger partial charge in [0, 0.05) is 24.9 Å². The van der Waals surface area contributed by atoms with E-state index in [1.807, 2.05) is 30.3 Å². The van der Waals surface area contributed by atoms with Crippen molar-refractivity contribution in [3.8, 4) is 0 Å². The number of rotatable bonds is 3. The van der Waals surface area contributed by atoms with Crippen LogP contribution < -0.4 is 0 Å². The van der Waals surface area contributed by atoms with Crippen molar-refractivity contribution >= 4 is 35.1 Å². The summed E-state index contributed by atoms with van der Waals surface area (Å²) in [6.07, 6.45) is 3.21. The number of halogens is 2. The quantitative estimate of drug-likeness (QED) is 0.744. The number of ketones is 1. The maximum Gasteiger partial charge on any atom is 0.410 e. The Labute approximate surface area is 152 Å². The molecule has 1 aromatic rings. The van der Waals surface area contributed by atoms with Crippen LogP contribution in [-0.4, -0.2) is 34.2 Å². The number of amides is 1. The van der Waals surface area contributed by atoms with Crippen molar-refractivity contribution in [2.24, 2.45) is 5.41 Å². The topological polar surface area (TPSA) is 46.6 Å². The van der Waals surface area contributed by atoms with E-state index in [0.29, 0.717) is 6.42 Å². The monoisotopic (exact) mass is 369 g/mol. The molecule has 0 heterocycles. The minimum Gasteiger partial charge on any atom is -0.445 e. The second-order valence-electron chi connectivity index (χ2n) is 6.84. The fourth-order valence-electron chi connectivity index (χ4n) is 3.72. The molecule has 2 fully saturated rings. The highest BCUT2D eigenvalue weighted by Crippen LogP contribution is 2.61. The lowest BCUT2D eigenvalue weighted by Gasteiger charge is -2.54. The van der Waals surface area contributed by atoms with E-state index < -0.39 is 4.33 Å². The Morgan fingerprint density at radius 2 is 1.88 bits per heavy atom. The van der Waals surface area contributed by atoms with Crippen LogP contribution >= 0.6 is 23.2 Å². The van der Waals surface area contributed by atoms with Gasteiger partial charge in [0.05, 0.1) is 0 Å². The first-order valence-electron chi connectivity index (χ1n) is 8.20. The fourth-order valence-corrected chi connectivity index (χ4v) is 4.37. The lowest BCUT2D eigenvalue weighted by Crippen LogP contribution is -2.60. The van der Waals surface area contributed by atoms with Crippen molar-refractivity contribution < 1.29 is 14.3 Å². The third kappa shape index (κ3) is 3.02. The molecule has 130 valence electrons. The molecular weight excluding hydrogens is 349 g/mol. The molecule has 1 spiro atoms. The van der Waals surface area contributed by atoms with Crippen molar-refractivity contribution in [2.45, 2.75) is 49.1 Å².